The first-order chi connectivity index (χ1) is 17.0. The summed E-state index contributed by atoms with van der Waals surface area (Å²) in [4.78, 5) is 46.1. The normalized spacial score (nSPS) is 20.0. The van der Waals surface area contributed by atoms with Crippen LogP contribution in [0, 0.1) is 5.92 Å². The molecular formula is C26H35N3O7. The molecule has 1 saturated carbocycles. The second-order valence-corrected chi connectivity index (χ2v) is 10.1. The molecule has 0 radical (unpaired) electrons. The van der Waals surface area contributed by atoms with Crippen LogP contribution < -0.4 is 5.56 Å². The third-order valence-corrected chi connectivity index (χ3v) is 6.42. The molecule has 1 heterocycles. The minimum atomic E-state index is -1.06. The highest BCUT2D eigenvalue weighted by Crippen LogP contribution is 2.43. The van der Waals surface area contributed by atoms with Crippen molar-refractivity contribution in [2.45, 2.75) is 64.2 Å². The minimum absolute atomic E-state index is 0.0997. The number of amides is 1. The first-order valence-corrected chi connectivity index (χ1v) is 12.0. The number of esters is 1. The Bertz CT molecular complexity index is 1120. The molecular weight excluding hydrogens is 466 g/mol. The summed E-state index contributed by atoms with van der Waals surface area (Å²) in [6.07, 6.45) is 1.66. The van der Waals surface area contributed by atoms with Crippen molar-refractivity contribution < 1.29 is 28.9 Å². The van der Waals surface area contributed by atoms with Crippen LogP contribution in [0.5, 0.6) is 5.75 Å². The lowest BCUT2D eigenvalue weighted by atomic mass is 9.75. The topological polar surface area (TPSA) is 131 Å². The van der Waals surface area contributed by atoms with Gasteiger partial charge in [0, 0.05) is 13.7 Å². The number of H-pyrrole nitrogens is 1. The van der Waals surface area contributed by atoms with Gasteiger partial charge in [-0.15, -0.1) is 0 Å². The second kappa shape index (κ2) is 11.1. The predicted molar refractivity (Wildman–Crippen MR) is 132 cm³/mol. The molecule has 10 nitrogen and oxygen atoms in total. The molecule has 0 saturated heterocycles. The Morgan fingerprint density at radius 3 is 2.42 bits per heavy atom. The van der Waals surface area contributed by atoms with Crippen LogP contribution in [0.3, 0.4) is 0 Å². The number of aromatic amines is 1. The van der Waals surface area contributed by atoms with Crippen LogP contribution >= 0.6 is 0 Å². The Hall–Kier alpha value is -3.40. The standard InChI is InChI=1S/C26H35N3O7/c1-25(2,3)36-24(33)29(4)26(23-27-19(22(32)34-5)20(30)21(31)28-23)13-11-18(12-14-26)16-35-15-17-9-7-6-8-10-17/h6-10,18,30H,11-16H2,1-5H3,(H,27,28,31). The van der Waals surface area contributed by atoms with Crippen molar-refractivity contribution in [2.24, 2.45) is 5.92 Å². The fraction of sp³-hybridized carbons (Fsp3) is 0.538. The smallest absolute Gasteiger partial charge is 0.410 e. The van der Waals surface area contributed by atoms with Crippen LogP contribution in [0.2, 0.25) is 0 Å². The summed E-state index contributed by atoms with van der Waals surface area (Å²) in [6, 6.07) is 9.90. The molecule has 2 N–H and O–H groups in total. The number of hydrogen-bond acceptors (Lipinski definition) is 8. The van der Waals surface area contributed by atoms with Crippen LogP contribution in [-0.4, -0.2) is 58.4 Å². The second-order valence-electron chi connectivity index (χ2n) is 10.1. The number of benzene rings is 1. The number of ether oxygens (including phenoxy) is 3. The highest BCUT2D eigenvalue weighted by atomic mass is 16.6. The van der Waals surface area contributed by atoms with Gasteiger partial charge in [0.25, 0.3) is 5.56 Å². The zero-order valence-corrected chi connectivity index (χ0v) is 21.5. The molecule has 196 valence electrons. The van der Waals surface area contributed by atoms with Crippen molar-refractivity contribution in [1.29, 1.82) is 0 Å². The lowest BCUT2D eigenvalue weighted by molar-refractivity contribution is -0.0196. The highest BCUT2D eigenvalue weighted by Gasteiger charge is 2.46. The van der Waals surface area contributed by atoms with Gasteiger partial charge in [-0.05, 0) is 57.9 Å². The fourth-order valence-electron chi connectivity index (χ4n) is 4.40. The first kappa shape index (κ1) is 27.2. The molecule has 1 aliphatic carbocycles. The van der Waals surface area contributed by atoms with Crippen LogP contribution in [0.25, 0.3) is 0 Å². The van der Waals surface area contributed by atoms with E-state index < -0.39 is 40.2 Å². The van der Waals surface area contributed by atoms with Gasteiger partial charge in [0.05, 0.1) is 13.7 Å². The van der Waals surface area contributed by atoms with E-state index in [1.54, 1.807) is 27.8 Å². The van der Waals surface area contributed by atoms with E-state index in [2.05, 4.69) is 14.7 Å². The van der Waals surface area contributed by atoms with Gasteiger partial charge in [-0.1, -0.05) is 30.3 Å². The van der Waals surface area contributed by atoms with E-state index in [0.29, 0.717) is 38.9 Å². The summed E-state index contributed by atoms with van der Waals surface area (Å²) < 4.78 is 16.2. The molecule has 10 heteroatoms. The molecule has 0 bridgehead atoms. The molecule has 3 rings (SSSR count). The number of nitrogens with zero attached hydrogens (tertiary/aromatic N) is 2. The SMILES string of the molecule is COC(=O)c1nc(C2(N(C)C(=O)OC(C)(C)C)CCC(COCc3ccccc3)CC2)[nH]c(=O)c1O. The average Bonchev–Trinajstić information content (AvgIpc) is 2.84. The number of methoxy groups -OCH3 is 1. The summed E-state index contributed by atoms with van der Waals surface area (Å²) in [5, 5.41) is 10.1. The number of carbonyl (C=O) groups is 2. The van der Waals surface area contributed by atoms with Gasteiger partial charge in [0.2, 0.25) is 5.75 Å². The maximum atomic E-state index is 13.1. The largest absolute Gasteiger partial charge is 0.501 e. The van der Waals surface area contributed by atoms with Crippen molar-refractivity contribution in [1.82, 2.24) is 14.9 Å². The molecule has 2 aromatic rings. The van der Waals surface area contributed by atoms with E-state index in [4.69, 9.17) is 9.47 Å². The molecule has 0 atom stereocenters. The van der Waals surface area contributed by atoms with Gasteiger partial charge >= 0.3 is 12.1 Å². The van der Waals surface area contributed by atoms with E-state index in [1.165, 1.54) is 4.90 Å². The fourth-order valence-corrected chi connectivity index (χ4v) is 4.40. The summed E-state index contributed by atoms with van der Waals surface area (Å²) >= 11 is 0. The van der Waals surface area contributed by atoms with E-state index in [9.17, 15) is 19.5 Å². The number of hydrogen-bond donors (Lipinski definition) is 2. The zero-order valence-electron chi connectivity index (χ0n) is 21.5. The number of aromatic hydroxyl groups is 1. The van der Waals surface area contributed by atoms with Gasteiger partial charge in [0.15, 0.2) is 5.69 Å². The quantitative estimate of drug-likeness (QED) is 0.549. The van der Waals surface area contributed by atoms with E-state index in [0.717, 1.165) is 12.7 Å². The Kier molecular flexibility index (Phi) is 8.39. The summed E-state index contributed by atoms with van der Waals surface area (Å²) in [6.45, 7) is 6.36. The Morgan fingerprint density at radius 1 is 1.19 bits per heavy atom. The first-order valence-electron chi connectivity index (χ1n) is 12.0. The van der Waals surface area contributed by atoms with Crippen LogP contribution in [0.4, 0.5) is 4.79 Å². The third kappa shape index (κ3) is 6.23. The van der Waals surface area contributed by atoms with Gasteiger partial charge in [0.1, 0.15) is 17.0 Å². The summed E-state index contributed by atoms with van der Waals surface area (Å²) in [7, 11) is 2.72. The highest BCUT2D eigenvalue weighted by molar-refractivity contribution is 5.89. The predicted octanol–water partition coefficient (Wildman–Crippen LogP) is 3.73. The van der Waals surface area contributed by atoms with Crippen molar-refractivity contribution in [3.05, 3.63) is 57.8 Å². The minimum Gasteiger partial charge on any atom is -0.501 e. The summed E-state index contributed by atoms with van der Waals surface area (Å²) in [5.74, 6) is -1.44. The Balaban J connectivity index is 1.86. The number of aromatic nitrogens is 2. The Labute approximate surface area is 210 Å². The van der Waals surface area contributed by atoms with E-state index >= 15 is 0 Å². The van der Waals surface area contributed by atoms with Crippen molar-refractivity contribution in [2.75, 3.05) is 20.8 Å². The number of nitrogens with one attached hydrogen (secondary N) is 1. The molecule has 0 spiro atoms. The average molecular weight is 502 g/mol. The molecule has 1 fully saturated rings. The molecule has 0 aliphatic heterocycles. The van der Waals surface area contributed by atoms with Crippen LogP contribution in [-0.2, 0) is 26.4 Å². The molecule has 1 aliphatic rings. The molecule has 1 aromatic carbocycles. The summed E-state index contributed by atoms with van der Waals surface area (Å²) in [5.41, 5.74) is -2.09. The van der Waals surface area contributed by atoms with Gasteiger partial charge in [-0.3, -0.25) is 9.69 Å². The third-order valence-electron chi connectivity index (χ3n) is 6.42. The number of rotatable bonds is 7. The van der Waals surface area contributed by atoms with Gasteiger partial charge in [-0.25, -0.2) is 14.6 Å². The van der Waals surface area contributed by atoms with Crippen molar-refractivity contribution in [3.63, 3.8) is 0 Å². The molecule has 0 unspecified atom stereocenters. The molecule has 1 aromatic heterocycles. The van der Waals surface area contributed by atoms with Crippen LogP contribution in [0.15, 0.2) is 35.1 Å². The molecule has 36 heavy (non-hydrogen) atoms. The Morgan fingerprint density at radius 2 is 1.83 bits per heavy atom. The van der Waals surface area contributed by atoms with E-state index in [-0.39, 0.29) is 11.7 Å². The maximum absolute atomic E-state index is 13.1. The van der Waals surface area contributed by atoms with Crippen LogP contribution in [0.1, 0.15) is 68.3 Å². The van der Waals surface area contributed by atoms with E-state index in [1.807, 2.05) is 30.3 Å². The lowest BCUT2D eigenvalue weighted by Crippen LogP contribution is -2.52. The zero-order chi connectivity index (χ0) is 26.5. The lowest BCUT2D eigenvalue weighted by Gasteiger charge is -2.45. The monoisotopic (exact) mass is 501 g/mol. The number of carbonyl (C=O) groups excluding carboxylic acids is 2. The molecule has 1 amide bonds. The van der Waals surface area contributed by atoms with Crippen molar-refractivity contribution in [3.8, 4) is 5.75 Å². The van der Waals surface area contributed by atoms with Crippen molar-refractivity contribution >= 4 is 12.1 Å². The van der Waals surface area contributed by atoms with Gasteiger partial charge < -0.3 is 24.3 Å². The maximum Gasteiger partial charge on any atom is 0.410 e. The van der Waals surface area contributed by atoms with Gasteiger partial charge in [-0.2, -0.15) is 0 Å².